The van der Waals surface area contributed by atoms with Gasteiger partial charge in [-0.25, -0.2) is 0 Å². The molecule has 0 radical (unpaired) electrons. The number of hydrogen-bond acceptors (Lipinski definition) is 4. The minimum Gasteiger partial charge on any atom is -0.490 e. The molecule has 4 nitrogen and oxygen atoms in total. The fourth-order valence-corrected chi connectivity index (χ4v) is 2.09. The van der Waals surface area contributed by atoms with E-state index >= 15 is 0 Å². The molecule has 1 aromatic rings. The lowest BCUT2D eigenvalue weighted by atomic mass is 10.1. The van der Waals surface area contributed by atoms with E-state index in [-0.39, 0.29) is 6.10 Å². The Labute approximate surface area is 115 Å². The number of ether oxygens (including phenoxy) is 2. The van der Waals surface area contributed by atoms with E-state index in [9.17, 15) is 0 Å². The van der Waals surface area contributed by atoms with Gasteiger partial charge in [-0.3, -0.25) is 4.98 Å². The molecule has 2 heterocycles. The Kier molecular flexibility index (Phi) is 5.16. The maximum absolute atomic E-state index is 6.14. The van der Waals surface area contributed by atoms with Gasteiger partial charge in [-0.2, -0.15) is 0 Å². The third kappa shape index (κ3) is 4.48. The molecule has 1 fully saturated rings. The average molecular weight is 264 g/mol. The number of aromatic nitrogens is 1. The van der Waals surface area contributed by atoms with Crippen molar-refractivity contribution in [2.45, 2.75) is 52.3 Å². The van der Waals surface area contributed by atoms with Gasteiger partial charge in [-0.1, -0.05) is 13.8 Å². The van der Waals surface area contributed by atoms with Crippen LogP contribution in [0.15, 0.2) is 12.3 Å². The van der Waals surface area contributed by atoms with Crippen LogP contribution in [-0.4, -0.2) is 30.3 Å². The van der Waals surface area contributed by atoms with Crippen LogP contribution in [0.2, 0.25) is 0 Å². The highest BCUT2D eigenvalue weighted by Crippen LogP contribution is 2.23. The second-order valence-electron chi connectivity index (χ2n) is 5.40. The summed E-state index contributed by atoms with van der Waals surface area (Å²) >= 11 is 0. The van der Waals surface area contributed by atoms with E-state index in [4.69, 9.17) is 9.47 Å². The summed E-state index contributed by atoms with van der Waals surface area (Å²) in [7, 11) is 0. The van der Waals surface area contributed by atoms with Crippen molar-refractivity contribution in [3.8, 4) is 5.75 Å². The third-order valence-electron chi connectivity index (χ3n) is 3.24. The van der Waals surface area contributed by atoms with Crippen molar-refractivity contribution in [3.63, 3.8) is 0 Å². The standard InChI is InChI=1S/C15H24N2O2/c1-11(2)16-9-13-10-17-12(3)8-15(13)19-14-4-6-18-7-5-14/h8,10-11,14,16H,4-7,9H2,1-3H3. The quantitative estimate of drug-likeness (QED) is 0.887. The average Bonchev–Trinajstić information content (AvgIpc) is 2.39. The maximum Gasteiger partial charge on any atom is 0.127 e. The van der Waals surface area contributed by atoms with Crippen molar-refractivity contribution >= 4 is 0 Å². The first-order valence-corrected chi connectivity index (χ1v) is 7.08. The number of nitrogens with one attached hydrogen (secondary N) is 1. The van der Waals surface area contributed by atoms with Crippen LogP contribution in [0.5, 0.6) is 5.75 Å². The third-order valence-corrected chi connectivity index (χ3v) is 3.24. The number of rotatable bonds is 5. The highest BCUT2D eigenvalue weighted by Gasteiger charge is 2.17. The predicted molar refractivity (Wildman–Crippen MR) is 75.4 cm³/mol. The van der Waals surface area contributed by atoms with Gasteiger partial charge in [0.05, 0.1) is 13.2 Å². The summed E-state index contributed by atoms with van der Waals surface area (Å²) in [6.07, 6.45) is 4.13. The molecule has 2 rings (SSSR count). The van der Waals surface area contributed by atoms with E-state index in [1.54, 1.807) is 0 Å². The SMILES string of the molecule is Cc1cc(OC2CCOCC2)c(CNC(C)C)cn1. The number of nitrogens with zero attached hydrogens (tertiary/aromatic N) is 1. The lowest BCUT2D eigenvalue weighted by Gasteiger charge is -2.25. The molecule has 0 aliphatic carbocycles. The highest BCUT2D eigenvalue weighted by molar-refractivity contribution is 5.33. The first-order valence-electron chi connectivity index (χ1n) is 7.08. The summed E-state index contributed by atoms with van der Waals surface area (Å²) in [6.45, 7) is 8.67. The molecular formula is C15H24N2O2. The Morgan fingerprint density at radius 2 is 2.16 bits per heavy atom. The van der Waals surface area contributed by atoms with Gasteiger partial charge in [0.25, 0.3) is 0 Å². The van der Waals surface area contributed by atoms with E-state index in [2.05, 4.69) is 24.1 Å². The van der Waals surface area contributed by atoms with Gasteiger partial charge >= 0.3 is 0 Å². The molecule has 106 valence electrons. The smallest absolute Gasteiger partial charge is 0.127 e. The zero-order valence-corrected chi connectivity index (χ0v) is 12.1. The predicted octanol–water partition coefficient (Wildman–Crippen LogP) is 2.45. The molecule has 0 bridgehead atoms. The minimum atomic E-state index is 0.272. The Hall–Kier alpha value is -1.13. The zero-order chi connectivity index (χ0) is 13.7. The van der Waals surface area contributed by atoms with Gasteiger partial charge in [0.15, 0.2) is 0 Å². The summed E-state index contributed by atoms with van der Waals surface area (Å²) in [5, 5.41) is 3.41. The Morgan fingerprint density at radius 1 is 1.42 bits per heavy atom. The lowest BCUT2D eigenvalue weighted by molar-refractivity contribution is 0.0251. The van der Waals surface area contributed by atoms with Crippen LogP contribution in [0.3, 0.4) is 0 Å². The van der Waals surface area contributed by atoms with E-state index in [1.165, 1.54) is 0 Å². The molecule has 1 aliphatic heterocycles. The van der Waals surface area contributed by atoms with Crippen molar-refractivity contribution in [2.75, 3.05) is 13.2 Å². The molecule has 4 heteroatoms. The highest BCUT2D eigenvalue weighted by atomic mass is 16.5. The minimum absolute atomic E-state index is 0.272. The topological polar surface area (TPSA) is 43.4 Å². The summed E-state index contributed by atoms with van der Waals surface area (Å²) in [5.41, 5.74) is 2.13. The van der Waals surface area contributed by atoms with Gasteiger partial charge in [-0.15, -0.1) is 0 Å². The first-order chi connectivity index (χ1) is 9.15. The van der Waals surface area contributed by atoms with Crippen LogP contribution < -0.4 is 10.1 Å². The molecule has 0 unspecified atom stereocenters. The second-order valence-corrected chi connectivity index (χ2v) is 5.40. The van der Waals surface area contributed by atoms with Crippen molar-refractivity contribution < 1.29 is 9.47 Å². The van der Waals surface area contributed by atoms with Crippen LogP contribution in [-0.2, 0) is 11.3 Å². The molecule has 0 atom stereocenters. The molecule has 0 amide bonds. The number of hydrogen-bond donors (Lipinski definition) is 1. The molecule has 1 aromatic heterocycles. The molecular weight excluding hydrogens is 240 g/mol. The van der Waals surface area contributed by atoms with Crippen LogP contribution in [0.4, 0.5) is 0 Å². The van der Waals surface area contributed by atoms with Crippen molar-refractivity contribution in [3.05, 3.63) is 23.5 Å². The Bertz CT molecular complexity index is 401. The summed E-state index contributed by atoms with van der Waals surface area (Å²) in [6, 6.07) is 2.49. The van der Waals surface area contributed by atoms with Crippen LogP contribution in [0, 0.1) is 6.92 Å². The molecule has 0 aromatic carbocycles. The molecule has 0 saturated carbocycles. The van der Waals surface area contributed by atoms with E-state index in [0.29, 0.717) is 6.04 Å². The summed E-state index contributed by atoms with van der Waals surface area (Å²) in [5.74, 6) is 0.965. The van der Waals surface area contributed by atoms with Gasteiger partial charge in [0, 0.05) is 48.9 Å². The number of aryl methyl sites for hydroxylation is 1. The fraction of sp³-hybridized carbons (Fsp3) is 0.667. The zero-order valence-electron chi connectivity index (χ0n) is 12.1. The first kappa shape index (κ1) is 14.3. The molecule has 0 spiro atoms. The van der Waals surface area contributed by atoms with Crippen molar-refractivity contribution in [2.24, 2.45) is 0 Å². The normalized spacial score (nSPS) is 16.8. The van der Waals surface area contributed by atoms with E-state index in [1.807, 2.05) is 19.2 Å². The van der Waals surface area contributed by atoms with Gasteiger partial charge in [0.1, 0.15) is 11.9 Å². The van der Waals surface area contributed by atoms with Crippen LogP contribution >= 0.6 is 0 Å². The maximum atomic E-state index is 6.14. The molecule has 19 heavy (non-hydrogen) atoms. The number of pyridine rings is 1. The van der Waals surface area contributed by atoms with Gasteiger partial charge in [-0.05, 0) is 6.92 Å². The lowest BCUT2D eigenvalue weighted by Crippen LogP contribution is -2.27. The molecule has 1 aliphatic rings. The molecule has 1 saturated heterocycles. The van der Waals surface area contributed by atoms with Crippen molar-refractivity contribution in [1.29, 1.82) is 0 Å². The Morgan fingerprint density at radius 3 is 2.84 bits per heavy atom. The fourth-order valence-electron chi connectivity index (χ4n) is 2.09. The molecule has 1 N–H and O–H groups in total. The Balaban J connectivity index is 2.05. The van der Waals surface area contributed by atoms with Crippen molar-refractivity contribution in [1.82, 2.24) is 10.3 Å². The van der Waals surface area contributed by atoms with E-state index in [0.717, 1.165) is 49.6 Å². The summed E-state index contributed by atoms with van der Waals surface area (Å²) in [4.78, 5) is 4.37. The van der Waals surface area contributed by atoms with Crippen LogP contribution in [0.1, 0.15) is 37.9 Å². The monoisotopic (exact) mass is 264 g/mol. The largest absolute Gasteiger partial charge is 0.490 e. The van der Waals surface area contributed by atoms with Gasteiger partial charge < -0.3 is 14.8 Å². The second kappa shape index (κ2) is 6.87. The summed E-state index contributed by atoms with van der Waals surface area (Å²) < 4.78 is 11.5. The van der Waals surface area contributed by atoms with Crippen LogP contribution in [0.25, 0.3) is 0 Å². The van der Waals surface area contributed by atoms with Gasteiger partial charge in [0.2, 0.25) is 0 Å². The van der Waals surface area contributed by atoms with E-state index < -0.39 is 0 Å².